The molecule has 0 spiro atoms. The Labute approximate surface area is 150 Å². The molecule has 1 aromatic carbocycles. The molecule has 0 bridgehead atoms. The summed E-state index contributed by atoms with van der Waals surface area (Å²) >= 11 is 1.40. The average Bonchev–Trinajstić information content (AvgIpc) is 3.10. The molecule has 0 aliphatic rings. The maximum absolute atomic E-state index is 12.6. The van der Waals surface area contributed by atoms with E-state index in [1.165, 1.54) is 18.4 Å². The van der Waals surface area contributed by atoms with E-state index in [4.69, 9.17) is 4.74 Å². The van der Waals surface area contributed by atoms with Crippen molar-refractivity contribution >= 4 is 21.4 Å². The number of nitrogens with one attached hydrogen (secondary N) is 1. The predicted molar refractivity (Wildman–Crippen MR) is 97.1 cm³/mol. The van der Waals surface area contributed by atoms with Crippen LogP contribution in [0.4, 0.5) is 0 Å². The minimum atomic E-state index is -3.70. The van der Waals surface area contributed by atoms with Gasteiger partial charge in [0.25, 0.3) is 0 Å². The van der Waals surface area contributed by atoms with Gasteiger partial charge < -0.3 is 4.74 Å². The van der Waals surface area contributed by atoms with E-state index in [0.29, 0.717) is 10.8 Å². The van der Waals surface area contributed by atoms with Crippen molar-refractivity contribution in [3.05, 3.63) is 58.7 Å². The van der Waals surface area contributed by atoms with E-state index in [1.807, 2.05) is 24.4 Å². The van der Waals surface area contributed by atoms with Crippen molar-refractivity contribution in [1.29, 1.82) is 0 Å². The van der Waals surface area contributed by atoms with Crippen molar-refractivity contribution in [3.8, 4) is 17.0 Å². The summed E-state index contributed by atoms with van der Waals surface area (Å²) < 4.78 is 32.9. The largest absolute Gasteiger partial charge is 0.495 e. The van der Waals surface area contributed by atoms with E-state index >= 15 is 0 Å². The molecule has 25 heavy (non-hydrogen) atoms. The number of nitrogens with zero attached hydrogens (tertiary/aromatic N) is 2. The highest BCUT2D eigenvalue weighted by molar-refractivity contribution is 7.89. The lowest BCUT2D eigenvalue weighted by Gasteiger charge is -2.10. The fourth-order valence-corrected chi connectivity index (χ4v) is 4.34. The number of aryl methyl sites for hydroxylation is 1. The molecule has 3 rings (SSSR count). The smallest absolute Gasteiger partial charge is 0.244 e. The summed E-state index contributed by atoms with van der Waals surface area (Å²) in [6, 6.07) is 8.78. The Morgan fingerprint density at radius 1 is 1.28 bits per heavy atom. The lowest BCUT2D eigenvalue weighted by Crippen LogP contribution is -2.23. The molecular weight excluding hydrogens is 358 g/mol. The molecule has 8 heteroatoms. The zero-order valence-electron chi connectivity index (χ0n) is 13.8. The third-order valence-electron chi connectivity index (χ3n) is 3.53. The Balaban J connectivity index is 1.77. The predicted octanol–water partition coefficient (Wildman–Crippen LogP) is 3.00. The van der Waals surface area contributed by atoms with Crippen molar-refractivity contribution < 1.29 is 13.2 Å². The maximum Gasteiger partial charge on any atom is 0.244 e. The van der Waals surface area contributed by atoms with Gasteiger partial charge in [0, 0.05) is 23.3 Å². The highest BCUT2D eigenvalue weighted by Gasteiger charge is 2.20. The molecule has 6 nitrogen and oxygen atoms in total. The van der Waals surface area contributed by atoms with Crippen molar-refractivity contribution in [2.75, 3.05) is 7.11 Å². The fraction of sp³-hybridized carbons (Fsp3) is 0.176. The van der Waals surface area contributed by atoms with Crippen molar-refractivity contribution in [2.24, 2.45) is 0 Å². The Bertz CT molecular complexity index is 970. The van der Waals surface area contributed by atoms with Crippen LogP contribution in [0.15, 0.2) is 53.0 Å². The van der Waals surface area contributed by atoms with Crippen LogP contribution in [0.1, 0.15) is 10.6 Å². The zero-order chi connectivity index (χ0) is 17.9. The van der Waals surface area contributed by atoms with Crippen LogP contribution in [-0.2, 0) is 16.6 Å². The van der Waals surface area contributed by atoms with E-state index in [0.717, 1.165) is 16.8 Å². The molecule has 0 aliphatic carbocycles. The van der Waals surface area contributed by atoms with Crippen molar-refractivity contribution in [2.45, 2.75) is 18.4 Å². The van der Waals surface area contributed by atoms with Gasteiger partial charge in [-0.1, -0.05) is 6.07 Å². The lowest BCUT2D eigenvalue weighted by atomic mass is 10.2. The number of methoxy groups -OCH3 is 1. The SMILES string of the molecule is COc1ccc(C)cc1S(=O)(=O)NCc1nc(-c2cccnc2)cs1. The van der Waals surface area contributed by atoms with Crippen LogP contribution in [0.5, 0.6) is 5.75 Å². The minimum Gasteiger partial charge on any atom is -0.495 e. The first-order valence-electron chi connectivity index (χ1n) is 7.49. The van der Waals surface area contributed by atoms with Crippen LogP contribution < -0.4 is 9.46 Å². The summed E-state index contributed by atoms with van der Waals surface area (Å²) in [5, 5.41) is 2.56. The maximum atomic E-state index is 12.6. The van der Waals surface area contributed by atoms with Gasteiger partial charge in [-0.05, 0) is 36.8 Å². The topological polar surface area (TPSA) is 81.2 Å². The number of sulfonamides is 1. The molecule has 2 aromatic heterocycles. The molecule has 0 radical (unpaired) electrons. The Kier molecular flexibility index (Phi) is 5.12. The van der Waals surface area contributed by atoms with Gasteiger partial charge in [-0.2, -0.15) is 0 Å². The van der Waals surface area contributed by atoms with Crippen LogP contribution in [0, 0.1) is 6.92 Å². The zero-order valence-corrected chi connectivity index (χ0v) is 15.4. The summed E-state index contributed by atoms with van der Waals surface area (Å²) in [5.41, 5.74) is 2.52. The average molecular weight is 375 g/mol. The number of rotatable bonds is 6. The number of pyridine rings is 1. The van der Waals surface area contributed by atoms with Crippen LogP contribution in [0.2, 0.25) is 0 Å². The van der Waals surface area contributed by atoms with Gasteiger partial charge >= 0.3 is 0 Å². The number of ether oxygens (including phenoxy) is 1. The van der Waals surface area contributed by atoms with E-state index in [2.05, 4.69) is 14.7 Å². The molecule has 130 valence electrons. The van der Waals surface area contributed by atoms with E-state index in [-0.39, 0.29) is 11.4 Å². The summed E-state index contributed by atoms with van der Waals surface area (Å²) in [4.78, 5) is 8.64. The van der Waals surface area contributed by atoms with Gasteiger partial charge in [-0.25, -0.2) is 18.1 Å². The molecule has 2 heterocycles. The Hall–Kier alpha value is -2.29. The fourth-order valence-electron chi connectivity index (χ4n) is 2.27. The molecule has 0 saturated heterocycles. The van der Waals surface area contributed by atoms with E-state index in [1.54, 1.807) is 30.6 Å². The number of thiazole rings is 1. The van der Waals surface area contributed by atoms with Crippen molar-refractivity contribution in [1.82, 2.24) is 14.7 Å². The van der Waals surface area contributed by atoms with Crippen LogP contribution >= 0.6 is 11.3 Å². The van der Waals surface area contributed by atoms with Gasteiger partial charge in [-0.15, -0.1) is 11.3 Å². The quantitative estimate of drug-likeness (QED) is 0.716. The lowest BCUT2D eigenvalue weighted by molar-refractivity contribution is 0.402. The third kappa shape index (κ3) is 4.04. The third-order valence-corrected chi connectivity index (χ3v) is 5.80. The number of hydrogen-bond acceptors (Lipinski definition) is 6. The standard InChI is InChI=1S/C17H17N3O3S2/c1-12-5-6-15(23-2)16(8-12)25(21,22)19-10-17-20-14(11-24-17)13-4-3-7-18-9-13/h3-9,11,19H,10H2,1-2H3. The molecule has 0 unspecified atom stereocenters. The molecule has 0 saturated carbocycles. The summed E-state index contributed by atoms with van der Waals surface area (Å²) in [6.45, 7) is 1.95. The van der Waals surface area contributed by atoms with Gasteiger partial charge in [0.1, 0.15) is 15.7 Å². The molecular formula is C17H17N3O3S2. The van der Waals surface area contributed by atoms with Gasteiger partial charge in [0.2, 0.25) is 10.0 Å². The molecule has 1 N–H and O–H groups in total. The second kappa shape index (κ2) is 7.30. The normalized spacial score (nSPS) is 11.4. The minimum absolute atomic E-state index is 0.115. The molecule has 0 amide bonds. The summed E-state index contributed by atoms with van der Waals surface area (Å²) in [7, 11) is -2.25. The van der Waals surface area contributed by atoms with E-state index in [9.17, 15) is 8.42 Å². The second-order valence-corrected chi connectivity index (χ2v) is 8.03. The highest BCUT2D eigenvalue weighted by Crippen LogP contribution is 2.25. The van der Waals surface area contributed by atoms with Gasteiger partial charge in [0.05, 0.1) is 19.3 Å². The summed E-state index contributed by atoms with van der Waals surface area (Å²) in [6.07, 6.45) is 3.42. The molecule has 3 aromatic rings. The highest BCUT2D eigenvalue weighted by atomic mass is 32.2. The van der Waals surface area contributed by atoms with Crippen molar-refractivity contribution in [3.63, 3.8) is 0 Å². The van der Waals surface area contributed by atoms with E-state index < -0.39 is 10.0 Å². The van der Waals surface area contributed by atoms with Crippen LogP contribution in [-0.4, -0.2) is 25.5 Å². The molecule has 0 atom stereocenters. The summed E-state index contributed by atoms with van der Waals surface area (Å²) in [5.74, 6) is 0.313. The van der Waals surface area contributed by atoms with Gasteiger partial charge in [-0.3, -0.25) is 4.98 Å². The Morgan fingerprint density at radius 3 is 2.84 bits per heavy atom. The monoisotopic (exact) mass is 375 g/mol. The second-order valence-electron chi connectivity index (χ2n) is 5.35. The first kappa shape index (κ1) is 17.5. The van der Waals surface area contributed by atoms with Crippen LogP contribution in [0.25, 0.3) is 11.3 Å². The molecule has 0 aliphatic heterocycles. The first-order valence-corrected chi connectivity index (χ1v) is 9.85. The first-order chi connectivity index (χ1) is 12.0. The molecule has 0 fully saturated rings. The number of hydrogen-bond donors (Lipinski definition) is 1. The number of benzene rings is 1. The number of aromatic nitrogens is 2. The Morgan fingerprint density at radius 2 is 2.12 bits per heavy atom. The van der Waals surface area contributed by atoms with Gasteiger partial charge in [0.15, 0.2) is 0 Å². The van der Waals surface area contributed by atoms with Crippen LogP contribution in [0.3, 0.4) is 0 Å².